The summed E-state index contributed by atoms with van der Waals surface area (Å²) in [6, 6.07) is 8.48. The van der Waals surface area contributed by atoms with Crippen LogP contribution in [0.4, 0.5) is 0 Å². The van der Waals surface area contributed by atoms with Crippen LogP contribution in [0, 0.1) is 0 Å². The van der Waals surface area contributed by atoms with Crippen molar-refractivity contribution in [2.75, 3.05) is 0 Å². The van der Waals surface area contributed by atoms with Gasteiger partial charge >= 0.3 is 5.97 Å². The van der Waals surface area contributed by atoms with Gasteiger partial charge in [0.25, 0.3) is 0 Å². The van der Waals surface area contributed by atoms with Gasteiger partial charge in [0.2, 0.25) is 0 Å². The number of carboxylic acids is 1. The molecule has 2 aliphatic carbocycles. The van der Waals surface area contributed by atoms with Gasteiger partial charge in [-0.05, 0) is 24.0 Å². The molecule has 0 aromatic rings. The van der Waals surface area contributed by atoms with Gasteiger partial charge in [0.05, 0.1) is 0 Å². The molecule has 0 aromatic heterocycles. The van der Waals surface area contributed by atoms with E-state index in [0.29, 0.717) is 12.8 Å². The maximum atomic E-state index is 10.4. The Morgan fingerprint density at radius 1 is 1.20 bits per heavy atom. The molecule has 0 atom stereocenters. The number of fused-ring (bicyclic) bond motifs is 1. The summed E-state index contributed by atoms with van der Waals surface area (Å²) < 4.78 is 0. The van der Waals surface area contributed by atoms with Crippen LogP contribution >= 0.6 is 0 Å². The van der Waals surface area contributed by atoms with Crippen molar-refractivity contribution in [3.63, 3.8) is 0 Å². The molecule has 0 saturated heterocycles. The van der Waals surface area contributed by atoms with Crippen molar-refractivity contribution >= 4 is 5.97 Å². The van der Waals surface area contributed by atoms with Gasteiger partial charge in [0, 0.05) is 0 Å². The summed E-state index contributed by atoms with van der Waals surface area (Å²) in [6.45, 7) is 3.55. The summed E-state index contributed by atoms with van der Waals surface area (Å²) in [4.78, 5) is 10.4. The van der Waals surface area contributed by atoms with Crippen molar-refractivity contribution in [3.8, 4) is 11.1 Å². The molecule has 0 aliphatic heterocycles. The third-order valence-corrected chi connectivity index (χ3v) is 2.91. The minimum absolute atomic E-state index is 0.485. The van der Waals surface area contributed by atoms with Crippen molar-refractivity contribution in [1.82, 2.24) is 0 Å². The van der Waals surface area contributed by atoms with Crippen molar-refractivity contribution < 1.29 is 9.90 Å². The number of aliphatic carboxylic acids is 1. The first kappa shape index (κ1) is 11.7. The van der Waals surface area contributed by atoms with E-state index in [1.807, 2.05) is 0 Å². The Kier molecular flexibility index (Phi) is 3.48. The number of hydrogen-bond acceptors (Lipinski definition) is 2. The van der Waals surface area contributed by atoms with E-state index in [1.165, 1.54) is 11.1 Å². The predicted molar refractivity (Wildman–Crippen MR) is 60.6 cm³/mol. The zero-order chi connectivity index (χ0) is 11.5. The van der Waals surface area contributed by atoms with Gasteiger partial charge in [-0.2, -0.15) is 0 Å². The van der Waals surface area contributed by atoms with E-state index in [2.05, 4.69) is 24.3 Å². The lowest BCUT2D eigenvalue weighted by molar-refractivity contribution is -0.143. The maximum Gasteiger partial charge on any atom is 0.323 e. The van der Waals surface area contributed by atoms with Crippen LogP contribution in [0.3, 0.4) is 0 Å². The van der Waals surface area contributed by atoms with Gasteiger partial charge < -0.3 is 10.8 Å². The van der Waals surface area contributed by atoms with Crippen molar-refractivity contribution in [2.45, 2.75) is 32.2 Å². The van der Waals surface area contributed by atoms with Crippen LogP contribution in [0.2, 0.25) is 0 Å². The summed E-state index contributed by atoms with van der Waals surface area (Å²) in [5.41, 5.74) is 7.29. The summed E-state index contributed by atoms with van der Waals surface area (Å²) in [6.07, 6.45) is 0.970. The summed E-state index contributed by atoms with van der Waals surface area (Å²) in [5, 5.41) is 8.51. The first-order valence-electron chi connectivity index (χ1n) is 5.16. The van der Waals surface area contributed by atoms with E-state index in [-0.39, 0.29) is 0 Å². The molecule has 3 nitrogen and oxygen atoms in total. The monoisotopic (exact) mass is 207 g/mol. The van der Waals surface area contributed by atoms with Gasteiger partial charge in [0.15, 0.2) is 0 Å². The van der Waals surface area contributed by atoms with Gasteiger partial charge in [-0.3, -0.25) is 4.79 Å². The highest BCUT2D eigenvalue weighted by Crippen LogP contribution is 2.29. The van der Waals surface area contributed by atoms with Gasteiger partial charge in [-0.15, -0.1) is 0 Å². The molecule has 15 heavy (non-hydrogen) atoms. The number of hydrogen-bond donors (Lipinski definition) is 2. The maximum absolute atomic E-state index is 10.4. The van der Waals surface area contributed by atoms with Crippen LogP contribution in [0.15, 0.2) is 24.3 Å². The number of rotatable bonds is 3. The lowest BCUT2D eigenvalue weighted by Crippen LogP contribution is -2.46. The SMILES string of the molecule is CCC(N)(CC)C(=O)O.c1cc2ccc1-2. The first-order chi connectivity index (χ1) is 7.03. The Balaban J connectivity index is 0.000000158. The lowest BCUT2D eigenvalue weighted by Gasteiger charge is -2.19. The Bertz CT molecular complexity index is 318. The molecule has 0 radical (unpaired) electrons. The molecule has 2 rings (SSSR count). The highest BCUT2D eigenvalue weighted by molar-refractivity contribution is 5.78. The fourth-order valence-electron chi connectivity index (χ4n) is 1.22. The Labute approximate surface area is 89.9 Å². The van der Waals surface area contributed by atoms with Crippen LogP contribution in [0.25, 0.3) is 11.1 Å². The third kappa shape index (κ3) is 2.36. The molecule has 2 aliphatic rings. The molecule has 0 unspecified atom stereocenters. The topological polar surface area (TPSA) is 63.3 Å². The van der Waals surface area contributed by atoms with Gasteiger partial charge in [-0.1, -0.05) is 38.1 Å². The minimum Gasteiger partial charge on any atom is -0.480 e. The second-order valence-electron chi connectivity index (χ2n) is 3.75. The van der Waals surface area contributed by atoms with E-state index >= 15 is 0 Å². The van der Waals surface area contributed by atoms with Crippen molar-refractivity contribution in [3.05, 3.63) is 24.3 Å². The zero-order valence-electron chi connectivity index (χ0n) is 9.16. The lowest BCUT2D eigenvalue weighted by atomic mass is 9.95. The van der Waals surface area contributed by atoms with Crippen LogP contribution in [0.1, 0.15) is 26.7 Å². The average molecular weight is 207 g/mol. The standard InChI is InChI=1S/C6H13NO2.C6H4/c1-3-6(7,4-2)5(8)9;1-2-6-4-3-5(1)6/h3-4,7H2,1-2H3,(H,8,9);1-4H. The minimum atomic E-state index is -1.00. The molecule has 0 amide bonds. The Morgan fingerprint density at radius 3 is 1.53 bits per heavy atom. The molecule has 82 valence electrons. The quantitative estimate of drug-likeness (QED) is 0.811. The summed E-state index contributed by atoms with van der Waals surface area (Å²) >= 11 is 0. The molecular weight excluding hydrogens is 190 g/mol. The summed E-state index contributed by atoms with van der Waals surface area (Å²) in [5.74, 6) is -0.910. The van der Waals surface area contributed by atoms with Crippen LogP contribution in [-0.2, 0) is 4.79 Å². The van der Waals surface area contributed by atoms with E-state index < -0.39 is 11.5 Å². The average Bonchev–Trinajstić information content (AvgIpc) is 2.22. The molecule has 0 heterocycles. The molecule has 3 heteroatoms. The Morgan fingerprint density at radius 2 is 1.53 bits per heavy atom. The number of carboxylic acid groups (broad SMARTS) is 1. The molecule has 0 aromatic carbocycles. The van der Waals surface area contributed by atoms with E-state index in [4.69, 9.17) is 10.8 Å². The van der Waals surface area contributed by atoms with E-state index in [0.717, 1.165) is 0 Å². The second kappa shape index (κ2) is 4.45. The fraction of sp³-hybridized carbons (Fsp3) is 0.417. The smallest absolute Gasteiger partial charge is 0.323 e. The van der Waals surface area contributed by atoms with Gasteiger partial charge in [-0.25, -0.2) is 0 Å². The normalized spacial score (nSPS) is 11.4. The molecule has 0 saturated carbocycles. The highest BCUT2D eigenvalue weighted by Gasteiger charge is 2.28. The summed E-state index contributed by atoms with van der Waals surface area (Å²) in [7, 11) is 0. The van der Waals surface area contributed by atoms with Gasteiger partial charge in [0.1, 0.15) is 5.54 Å². The fourth-order valence-corrected chi connectivity index (χ4v) is 1.22. The zero-order valence-corrected chi connectivity index (χ0v) is 9.16. The van der Waals surface area contributed by atoms with E-state index in [9.17, 15) is 4.79 Å². The van der Waals surface area contributed by atoms with Crippen LogP contribution in [0.5, 0.6) is 0 Å². The second-order valence-corrected chi connectivity index (χ2v) is 3.75. The van der Waals surface area contributed by atoms with E-state index in [1.54, 1.807) is 13.8 Å². The predicted octanol–water partition coefficient (Wildman–Crippen LogP) is 2.26. The van der Waals surface area contributed by atoms with Crippen LogP contribution < -0.4 is 5.73 Å². The largest absolute Gasteiger partial charge is 0.480 e. The molecule has 0 fully saturated rings. The van der Waals surface area contributed by atoms with Crippen molar-refractivity contribution in [2.24, 2.45) is 5.73 Å². The highest BCUT2D eigenvalue weighted by atomic mass is 16.4. The molecule has 0 bridgehead atoms. The van der Waals surface area contributed by atoms with Crippen LogP contribution in [-0.4, -0.2) is 16.6 Å². The molecule has 3 N–H and O–H groups in total. The van der Waals surface area contributed by atoms with Crippen molar-refractivity contribution in [1.29, 1.82) is 0 Å². The molecule has 0 spiro atoms. The molecular formula is C12H17NO2. The number of benzene rings is 1. The number of nitrogens with two attached hydrogens (primary N) is 1. The Hall–Kier alpha value is -1.35. The first-order valence-corrected chi connectivity index (χ1v) is 5.16. The third-order valence-electron chi connectivity index (χ3n) is 2.91. The number of carbonyl (C=O) groups is 1.